The molecule has 2 aliphatic rings. The van der Waals surface area contributed by atoms with E-state index in [-0.39, 0.29) is 17.7 Å². The number of aryl methyl sites for hydroxylation is 1. The van der Waals surface area contributed by atoms with E-state index in [1.807, 2.05) is 28.9 Å². The zero-order valence-electron chi connectivity index (χ0n) is 15.6. The minimum absolute atomic E-state index is 0.000868. The molecule has 2 fully saturated rings. The summed E-state index contributed by atoms with van der Waals surface area (Å²) in [5.74, 6) is 0.160. The van der Waals surface area contributed by atoms with Crippen molar-refractivity contribution in [2.24, 2.45) is 5.92 Å². The van der Waals surface area contributed by atoms with Crippen LogP contribution in [-0.2, 0) is 4.79 Å². The Morgan fingerprint density at radius 2 is 1.93 bits per heavy atom. The van der Waals surface area contributed by atoms with Gasteiger partial charge in [0.05, 0.1) is 11.6 Å². The molecule has 142 valence electrons. The predicted molar refractivity (Wildman–Crippen MR) is 105 cm³/mol. The van der Waals surface area contributed by atoms with Crippen LogP contribution in [-0.4, -0.2) is 57.8 Å². The fourth-order valence-electron chi connectivity index (χ4n) is 3.91. The summed E-state index contributed by atoms with van der Waals surface area (Å²) in [5, 5.41) is 0.811. The van der Waals surface area contributed by atoms with Crippen molar-refractivity contribution in [2.75, 3.05) is 26.2 Å². The summed E-state index contributed by atoms with van der Waals surface area (Å²) in [6.45, 7) is 4.84. The maximum atomic E-state index is 13.1. The van der Waals surface area contributed by atoms with Crippen molar-refractivity contribution in [3.63, 3.8) is 0 Å². The number of likely N-dealkylation sites (tertiary alicyclic amines) is 2. The molecule has 0 saturated carbocycles. The zero-order chi connectivity index (χ0) is 18.8. The number of hydrogen-bond donors (Lipinski definition) is 0. The van der Waals surface area contributed by atoms with Crippen LogP contribution >= 0.6 is 11.3 Å². The van der Waals surface area contributed by atoms with Gasteiger partial charge in [-0.3, -0.25) is 14.6 Å². The average molecular weight is 385 g/mol. The van der Waals surface area contributed by atoms with Gasteiger partial charge in [0.1, 0.15) is 9.88 Å². The number of piperidine rings is 1. The summed E-state index contributed by atoms with van der Waals surface area (Å²) in [4.78, 5) is 39.0. The Morgan fingerprint density at radius 1 is 1.15 bits per heavy atom. The summed E-state index contributed by atoms with van der Waals surface area (Å²) in [5.41, 5.74) is 1.67. The summed E-state index contributed by atoms with van der Waals surface area (Å²) in [6.07, 6.45) is 7.43. The molecule has 2 saturated heterocycles. The van der Waals surface area contributed by atoms with Crippen LogP contribution in [0.15, 0.2) is 24.5 Å². The molecule has 0 N–H and O–H groups in total. The van der Waals surface area contributed by atoms with Crippen molar-refractivity contribution >= 4 is 23.2 Å². The number of carbonyl (C=O) groups is 2. The number of thiazole rings is 1. The molecule has 0 radical (unpaired) electrons. The fraction of sp³-hybridized carbons (Fsp3) is 0.500. The van der Waals surface area contributed by atoms with Gasteiger partial charge in [-0.25, -0.2) is 4.98 Å². The smallest absolute Gasteiger partial charge is 0.265 e. The number of hydrogen-bond acceptors (Lipinski definition) is 5. The molecule has 0 aromatic carbocycles. The molecular formula is C20H24N4O2S. The van der Waals surface area contributed by atoms with Crippen LogP contribution in [0, 0.1) is 12.8 Å². The van der Waals surface area contributed by atoms with Crippen LogP contribution in [0.1, 0.15) is 41.0 Å². The van der Waals surface area contributed by atoms with Gasteiger partial charge in [0, 0.05) is 44.1 Å². The van der Waals surface area contributed by atoms with E-state index in [9.17, 15) is 9.59 Å². The molecule has 0 spiro atoms. The molecule has 2 amide bonds. The third-order valence-electron chi connectivity index (χ3n) is 5.37. The largest absolute Gasteiger partial charge is 0.342 e. The number of pyridine rings is 1. The second-order valence-electron chi connectivity index (χ2n) is 7.30. The Hall–Kier alpha value is -2.28. The van der Waals surface area contributed by atoms with E-state index in [1.165, 1.54) is 11.3 Å². The van der Waals surface area contributed by atoms with Gasteiger partial charge in [-0.2, -0.15) is 0 Å². The Labute approximate surface area is 163 Å². The standard InChI is InChI=1S/C20H24N4O2S/c1-14-17(27-18(22-14)15-6-4-8-21-12-15)20(26)24-11-5-7-16(13-24)19(25)23-9-2-3-10-23/h4,6,8,12,16H,2-3,5,7,9-11,13H2,1H3. The lowest BCUT2D eigenvalue weighted by atomic mass is 9.96. The summed E-state index contributed by atoms with van der Waals surface area (Å²) in [6, 6.07) is 3.82. The minimum atomic E-state index is -0.0631. The average Bonchev–Trinajstić information content (AvgIpc) is 3.38. The highest BCUT2D eigenvalue weighted by atomic mass is 32.1. The van der Waals surface area contributed by atoms with Crippen LogP contribution in [0.3, 0.4) is 0 Å². The summed E-state index contributed by atoms with van der Waals surface area (Å²) >= 11 is 1.41. The first kappa shape index (κ1) is 18.1. The highest BCUT2D eigenvalue weighted by molar-refractivity contribution is 7.17. The van der Waals surface area contributed by atoms with E-state index in [0.29, 0.717) is 18.0 Å². The minimum Gasteiger partial charge on any atom is -0.342 e. The molecule has 2 aromatic heterocycles. The van der Waals surface area contributed by atoms with E-state index < -0.39 is 0 Å². The van der Waals surface area contributed by atoms with Crippen LogP contribution in [0.2, 0.25) is 0 Å². The van der Waals surface area contributed by atoms with Gasteiger partial charge in [0.15, 0.2) is 0 Å². The van der Waals surface area contributed by atoms with Crippen molar-refractivity contribution < 1.29 is 9.59 Å². The number of amides is 2. The molecule has 4 heterocycles. The van der Waals surface area contributed by atoms with Gasteiger partial charge in [-0.1, -0.05) is 0 Å². The highest BCUT2D eigenvalue weighted by Crippen LogP contribution is 2.30. The molecule has 1 atom stereocenters. The molecule has 0 bridgehead atoms. The number of rotatable bonds is 3. The number of aromatic nitrogens is 2. The molecule has 4 rings (SSSR count). The molecule has 0 aliphatic carbocycles. The molecule has 27 heavy (non-hydrogen) atoms. The SMILES string of the molecule is Cc1nc(-c2cccnc2)sc1C(=O)N1CCCC(C(=O)N2CCCC2)C1. The predicted octanol–water partition coefficient (Wildman–Crippen LogP) is 2.99. The Kier molecular flexibility index (Phi) is 5.20. The van der Waals surface area contributed by atoms with Crippen molar-refractivity contribution in [2.45, 2.75) is 32.6 Å². The molecule has 2 aromatic rings. The van der Waals surface area contributed by atoms with E-state index in [2.05, 4.69) is 9.97 Å². The maximum absolute atomic E-state index is 13.1. The topological polar surface area (TPSA) is 66.4 Å². The lowest BCUT2D eigenvalue weighted by Crippen LogP contribution is -2.46. The van der Waals surface area contributed by atoms with Crippen LogP contribution in [0.25, 0.3) is 10.6 Å². The summed E-state index contributed by atoms with van der Waals surface area (Å²) < 4.78 is 0. The zero-order valence-corrected chi connectivity index (χ0v) is 16.4. The Morgan fingerprint density at radius 3 is 2.67 bits per heavy atom. The van der Waals surface area contributed by atoms with Gasteiger partial charge < -0.3 is 9.80 Å². The van der Waals surface area contributed by atoms with Gasteiger partial charge in [0.2, 0.25) is 5.91 Å². The first-order chi connectivity index (χ1) is 13.1. The van der Waals surface area contributed by atoms with E-state index in [0.717, 1.165) is 55.0 Å². The van der Waals surface area contributed by atoms with Crippen LogP contribution < -0.4 is 0 Å². The first-order valence-corrected chi connectivity index (χ1v) is 10.4. The van der Waals surface area contributed by atoms with Gasteiger partial charge >= 0.3 is 0 Å². The molecule has 6 nitrogen and oxygen atoms in total. The van der Waals surface area contributed by atoms with Crippen LogP contribution in [0.5, 0.6) is 0 Å². The highest BCUT2D eigenvalue weighted by Gasteiger charge is 2.33. The second kappa shape index (κ2) is 7.76. The van der Waals surface area contributed by atoms with E-state index in [4.69, 9.17) is 0 Å². The van der Waals surface area contributed by atoms with E-state index in [1.54, 1.807) is 12.4 Å². The molecular weight excluding hydrogens is 360 g/mol. The van der Waals surface area contributed by atoms with E-state index >= 15 is 0 Å². The third-order valence-corrected chi connectivity index (χ3v) is 6.57. The van der Waals surface area contributed by atoms with Gasteiger partial charge in [-0.15, -0.1) is 11.3 Å². The molecule has 2 aliphatic heterocycles. The van der Waals surface area contributed by atoms with Crippen molar-refractivity contribution in [3.05, 3.63) is 35.1 Å². The van der Waals surface area contributed by atoms with Gasteiger partial charge in [-0.05, 0) is 44.7 Å². The van der Waals surface area contributed by atoms with Crippen molar-refractivity contribution in [1.82, 2.24) is 19.8 Å². The normalized spacial score (nSPS) is 20.1. The first-order valence-electron chi connectivity index (χ1n) is 9.59. The number of carbonyl (C=O) groups excluding carboxylic acids is 2. The summed E-state index contributed by atoms with van der Waals surface area (Å²) in [7, 11) is 0. The van der Waals surface area contributed by atoms with Gasteiger partial charge in [0.25, 0.3) is 5.91 Å². The lowest BCUT2D eigenvalue weighted by molar-refractivity contribution is -0.135. The third kappa shape index (κ3) is 3.74. The van der Waals surface area contributed by atoms with Crippen molar-refractivity contribution in [3.8, 4) is 10.6 Å². The quantitative estimate of drug-likeness (QED) is 0.816. The lowest BCUT2D eigenvalue weighted by Gasteiger charge is -2.33. The Balaban J connectivity index is 1.49. The molecule has 1 unspecified atom stereocenters. The maximum Gasteiger partial charge on any atom is 0.265 e. The monoisotopic (exact) mass is 384 g/mol. The Bertz CT molecular complexity index is 830. The fourth-order valence-corrected chi connectivity index (χ4v) is 4.93. The number of nitrogens with zero attached hydrogens (tertiary/aromatic N) is 4. The second-order valence-corrected chi connectivity index (χ2v) is 8.30. The van der Waals surface area contributed by atoms with Crippen molar-refractivity contribution in [1.29, 1.82) is 0 Å². The van der Waals surface area contributed by atoms with Crippen LogP contribution in [0.4, 0.5) is 0 Å². The molecule has 7 heteroatoms.